The van der Waals surface area contributed by atoms with E-state index in [1.165, 1.54) is 4.52 Å². The van der Waals surface area contributed by atoms with Gasteiger partial charge in [-0.15, -0.1) is 0 Å². The second-order valence-corrected chi connectivity index (χ2v) is 4.00. The van der Waals surface area contributed by atoms with Crippen LogP contribution in [0.4, 0.5) is 0 Å². The first kappa shape index (κ1) is 9.96. The lowest BCUT2D eigenvalue weighted by Gasteiger charge is -2.03. The highest BCUT2D eigenvalue weighted by molar-refractivity contribution is 5.41. The molecule has 0 aliphatic heterocycles. The smallest absolute Gasteiger partial charge is 0.271 e. The van der Waals surface area contributed by atoms with Crippen LogP contribution in [0.25, 0.3) is 5.65 Å². The van der Waals surface area contributed by atoms with Gasteiger partial charge in [0.05, 0.1) is 0 Å². The van der Waals surface area contributed by atoms with Crippen molar-refractivity contribution >= 4 is 5.65 Å². The summed E-state index contributed by atoms with van der Waals surface area (Å²) >= 11 is 0. The van der Waals surface area contributed by atoms with E-state index in [0.717, 1.165) is 17.8 Å². The molecular weight excluding hydrogens is 190 g/mol. The van der Waals surface area contributed by atoms with Gasteiger partial charge in [0.25, 0.3) is 5.56 Å². The molecule has 4 nitrogen and oxygen atoms in total. The minimum Gasteiger partial charge on any atom is -0.276 e. The summed E-state index contributed by atoms with van der Waals surface area (Å²) in [5, 5.41) is 2.97. The quantitative estimate of drug-likeness (QED) is 0.811. The Hall–Kier alpha value is -1.58. The Kier molecular flexibility index (Phi) is 2.34. The number of nitrogens with one attached hydrogen (secondary N) is 1. The number of hydrogen-bond donors (Lipinski definition) is 1. The predicted molar refractivity (Wildman–Crippen MR) is 59.3 cm³/mol. The Morgan fingerprint density at radius 3 is 2.80 bits per heavy atom. The number of H-pyrrole nitrogens is 1. The minimum absolute atomic E-state index is 0.0385. The van der Waals surface area contributed by atoms with Crippen LogP contribution in [0, 0.1) is 0 Å². The van der Waals surface area contributed by atoms with Gasteiger partial charge in [0.2, 0.25) is 0 Å². The van der Waals surface area contributed by atoms with E-state index in [0.29, 0.717) is 11.6 Å². The molecule has 0 radical (unpaired) electrons. The molecule has 0 fully saturated rings. The van der Waals surface area contributed by atoms with Gasteiger partial charge in [-0.1, -0.05) is 20.8 Å². The van der Waals surface area contributed by atoms with Crippen molar-refractivity contribution in [1.29, 1.82) is 0 Å². The van der Waals surface area contributed by atoms with Crippen LogP contribution in [0.2, 0.25) is 0 Å². The Bertz CT molecular complexity index is 536. The second-order valence-electron chi connectivity index (χ2n) is 4.00. The fraction of sp³-hybridized carbons (Fsp3) is 0.455. The van der Waals surface area contributed by atoms with Gasteiger partial charge in [0, 0.05) is 12.5 Å². The van der Waals surface area contributed by atoms with Crippen LogP contribution < -0.4 is 5.56 Å². The van der Waals surface area contributed by atoms with Crippen LogP contribution in [0.15, 0.2) is 16.9 Å². The number of pyridine rings is 1. The first-order valence-corrected chi connectivity index (χ1v) is 5.23. The zero-order valence-corrected chi connectivity index (χ0v) is 9.24. The number of fused-ring (bicyclic) bond motifs is 1. The van der Waals surface area contributed by atoms with Crippen molar-refractivity contribution in [3.05, 3.63) is 33.9 Å². The molecule has 0 aliphatic carbocycles. The van der Waals surface area contributed by atoms with Gasteiger partial charge < -0.3 is 0 Å². The molecule has 80 valence electrons. The van der Waals surface area contributed by atoms with Crippen molar-refractivity contribution in [1.82, 2.24) is 14.6 Å². The topological polar surface area (TPSA) is 50.2 Å². The lowest BCUT2D eigenvalue weighted by atomic mass is 10.1. The standard InChI is InChI=1S/C11H15N3O/c1-4-9-12-10-5-8(7(2)3)6-11(15)14(10)13-9/h5-7H,4H2,1-3H3,(H,12,13). The van der Waals surface area contributed by atoms with E-state index in [9.17, 15) is 4.79 Å². The van der Waals surface area contributed by atoms with Crippen molar-refractivity contribution in [3.63, 3.8) is 0 Å². The highest BCUT2D eigenvalue weighted by Crippen LogP contribution is 2.13. The second kappa shape index (κ2) is 3.53. The maximum absolute atomic E-state index is 11.7. The van der Waals surface area contributed by atoms with E-state index < -0.39 is 0 Å². The largest absolute Gasteiger partial charge is 0.276 e. The fourth-order valence-corrected chi connectivity index (χ4v) is 1.55. The molecule has 0 unspecified atom stereocenters. The number of rotatable bonds is 2. The van der Waals surface area contributed by atoms with Crippen molar-refractivity contribution in [2.75, 3.05) is 0 Å². The number of aromatic amines is 1. The maximum Gasteiger partial charge on any atom is 0.271 e. The van der Waals surface area contributed by atoms with Crippen LogP contribution in [0.1, 0.15) is 38.1 Å². The normalized spacial score (nSPS) is 11.5. The average molecular weight is 205 g/mol. The van der Waals surface area contributed by atoms with Gasteiger partial charge in [-0.25, -0.2) is 9.50 Å². The zero-order chi connectivity index (χ0) is 11.0. The average Bonchev–Trinajstić information content (AvgIpc) is 2.61. The van der Waals surface area contributed by atoms with Crippen LogP contribution in [0.3, 0.4) is 0 Å². The van der Waals surface area contributed by atoms with Crippen molar-refractivity contribution < 1.29 is 0 Å². The van der Waals surface area contributed by atoms with Gasteiger partial charge in [-0.3, -0.25) is 9.89 Å². The lowest BCUT2D eigenvalue weighted by Crippen LogP contribution is -2.14. The van der Waals surface area contributed by atoms with Gasteiger partial charge in [-0.2, -0.15) is 0 Å². The zero-order valence-electron chi connectivity index (χ0n) is 9.24. The van der Waals surface area contributed by atoms with Crippen LogP contribution in [-0.2, 0) is 6.42 Å². The Labute approximate surface area is 87.9 Å². The monoisotopic (exact) mass is 205 g/mol. The van der Waals surface area contributed by atoms with Gasteiger partial charge in [0.1, 0.15) is 5.82 Å². The molecule has 2 rings (SSSR count). The van der Waals surface area contributed by atoms with Crippen LogP contribution in [0.5, 0.6) is 0 Å². The van der Waals surface area contributed by atoms with E-state index in [4.69, 9.17) is 0 Å². The van der Waals surface area contributed by atoms with E-state index in [1.54, 1.807) is 6.07 Å². The third kappa shape index (κ3) is 1.67. The summed E-state index contributed by atoms with van der Waals surface area (Å²) in [7, 11) is 0. The molecule has 0 saturated carbocycles. The summed E-state index contributed by atoms with van der Waals surface area (Å²) in [6.45, 7) is 6.14. The van der Waals surface area contributed by atoms with E-state index in [-0.39, 0.29) is 5.56 Å². The first-order chi connectivity index (χ1) is 7.11. The third-order valence-electron chi connectivity index (χ3n) is 2.53. The summed E-state index contributed by atoms with van der Waals surface area (Å²) in [5.74, 6) is 1.19. The predicted octanol–water partition coefficient (Wildman–Crippen LogP) is 1.71. The lowest BCUT2D eigenvalue weighted by molar-refractivity contribution is 0.831. The molecule has 0 atom stereocenters. The van der Waals surface area contributed by atoms with Gasteiger partial charge >= 0.3 is 0 Å². The number of nitrogens with zero attached hydrogens (tertiary/aromatic N) is 2. The molecule has 2 aromatic rings. The SMILES string of the molecule is CCc1nc2cc(C(C)C)cc(=O)n2[nH]1. The fourth-order valence-electron chi connectivity index (χ4n) is 1.55. The third-order valence-corrected chi connectivity index (χ3v) is 2.53. The molecule has 2 heterocycles. The molecule has 4 heteroatoms. The summed E-state index contributed by atoms with van der Waals surface area (Å²) < 4.78 is 1.49. The van der Waals surface area contributed by atoms with E-state index >= 15 is 0 Å². The first-order valence-electron chi connectivity index (χ1n) is 5.23. The molecule has 1 N–H and O–H groups in total. The molecule has 0 bridgehead atoms. The Morgan fingerprint density at radius 1 is 1.47 bits per heavy atom. The molecule has 2 aromatic heterocycles. The molecule has 0 spiro atoms. The number of aryl methyl sites for hydroxylation is 1. The molecule has 0 aromatic carbocycles. The summed E-state index contributed by atoms with van der Waals surface area (Å²) in [4.78, 5) is 16.1. The summed E-state index contributed by atoms with van der Waals surface area (Å²) in [6.07, 6.45) is 0.804. The highest BCUT2D eigenvalue weighted by atomic mass is 16.1. The van der Waals surface area contributed by atoms with E-state index in [2.05, 4.69) is 23.9 Å². The molecular formula is C11H15N3O. The van der Waals surface area contributed by atoms with Crippen molar-refractivity contribution in [2.24, 2.45) is 0 Å². The van der Waals surface area contributed by atoms with Crippen molar-refractivity contribution in [3.8, 4) is 0 Å². The molecule has 15 heavy (non-hydrogen) atoms. The maximum atomic E-state index is 11.7. The summed E-state index contributed by atoms with van der Waals surface area (Å²) in [6, 6.07) is 3.62. The number of hydrogen-bond acceptors (Lipinski definition) is 2. The van der Waals surface area contributed by atoms with E-state index in [1.807, 2.05) is 13.0 Å². The Morgan fingerprint density at radius 2 is 2.20 bits per heavy atom. The van der Waals surface area contributed by atoms with Crippen LogP contribution in [-0.4, -0.2) is 14.6 Å². The number of aromatic nitrogens is 3. The van der Waals surface area contributed by atoms with Gasteiger partial charge in [-0.05, 0) is 17.5 Å². The van der Waals surface area contributed by atoms with Crippen LogP contribution >= 0.6 is 0 Å². The molecule has 0 saturated heterocycles. The highest BCUT2D eigenvalue weighted by Gasteiger charge is 2.07. The minimum atomic E-state index is -0.0385. The van der Waals surface area contributed by atoms with Crippen molar-refractivity contribution in [2.45, 2.75) is 33.1 Å². The Balaban J connectivity index is 2.70. The van der Waals surface area contributed by atoms with Gasteiger partial charge in [0.15, 0.2) is 5.65 Å². The summed E-state index contributed by atoms with van der Waals surface area (Å²) in [5.41, 5.74) is 1.71. The molecule has 0 amide bonds. The molecule has 0 aliphatic rings.